The second kappa shape index (κ2) is 8.35. The third kappa shape index (κ3) is 5.76. The van der Waals surface area contributed by atoms with Gasteiger partial charge in [0, 0.05) is 12.1 Å². The third-order valence-electron chi connectivity index (χ3n) is 3.35. The van der Waals surface area contributed by atoms with Crippen LogP contribution >= 0.6 is 0 Å². The molecule has 0 atom stereocenters. The monoisotopic (exact) mass is 267 g/mol. The Hall–Kier alpha value is -0.840. The number of hydrogen-bond acceptors (Lipinski definition) is 4. The highest BCUT2D eigenvalue weighted by Gasteiger charge is 2.10. The van der Waals surface area contributed by atoms with Gasteiger partial charge in [-0.05, 0) is 60.2 Å². The molecule has 110 valence electrons. The molecule has 1 heterocycles. The Labute approximate surface area is 117 Å². The van der Waals surface area contributed by atoms with Crippen molar-refractivity contribution in [2.24, 2.45) is 0 Å². The number of nitrogens with zero attached hydrogens (tertiary/aromatic N) is 2. The molecule has 19 heavy (non-hydrogen) atoms. The molecule has 0 aliphatic heterocycles. The van der Waals surface area contributed by atoms with Crippen LogP contribution in [0.15, 0.2) is 10.5 Å². The van der Waals surface area contributed by atoms with Gasteiger partial charge in [0.2, 0.25) is 0 Å². The molecule has 0 saturated carbocycles. The molecule has 0 radical (unpaired) electrons. The van der Waals surface area contributed by atoms with Gasteiger partial charge in [-0.1, -0.05) is 6.92 Å². The van der Waals surface area contributed by atoms with Crippen molar-refractivity contribution >= 4 is 0 Å². The standard InChI is InChI=1S/C15H29N3O/c1-6-18(9-7-8-17(4)5)12-15-10-14(11-16-3)13(2)19-15/h10,16H,6-9,11-12H2,1-5H3. The van der Waals surface area contributed by atoms with E-state index in [1.165, 1.54) is 12.0 Å². The minimum Gasteiger partial charge on any atom is -0.465 e. The normalized spacial score (nSPS) is 11.7. The minimum atomic E-state index is 0.877. The van der Waals surface area contributed by atoms with Crippen molar-refractivity contribution in [1.82, 2.24) is 15.1 Å². The molecule has 0 unspecified atom stereocenters. The summed E-state index contributed by atoms with van der Waals surface area (Å²) in [6, 6.07) is 2.18. The molecule has 0 spiro atoms. The molecule has 1 rings (SSSR count). The number of furan rings is 1. The van der Waals surface area contributed by atoms with Crippen LogP contribution in [0.5, 0.6) is 0 Å². The zero-order chi connectivity index (χ0) is 14.3. The van der Waals surface area contributed by atoms with Gasteiger partial charge in [0.25, 0.3) is 0 Å². The Morgan fingerprint density at radius 1 is 1.26 bits per heavy atom. The van der Waals surface area contributed by atoms with Gasteiger partial charge in [-0.2, -0.15) is 0 Å². The smallest absolute Gasteiger partial charge is 0.118 e. The average Bonchev–Trinajstić information content (AvgIpc) is 2.68. The summed E-state index contributed by atoms with van der Waals surface area (Å²) in [6.45, 7) is 9.36. The van der Waals surface area contributed by atoms with Crippen LogP contribution in [-0.2, 0) is 13.1 Å². The van der Waals surface area contributed by atoms with Crippen molar-refractivity contribution in [3.05, 3.63) is 23.2 Å². The molecule has 0 saturated heterocycles. The minimum absolute atomic E-state index is 0.877. The molecule has 0 aromatic carbocycles. The molecule has 0 amide bonds. The molecule has 0 bridgehead atoms. The fourth-order valence-electron chi connectivity index (χ4n) is 2.21. The van der Waals surface area contributed by atoms with Crippen molar-refractivity contribution in [3.63, 3.8) is 0 Å². The average molecular weight is 267 g/mol. The molecule has 0 fully saturated rings. The van der Waals surface area contributed by atoms with E-state index < -0.39 is 0 Å². The van der Waals surface area contributed by atoms with Crippen LogP contribution < -0.4 is 5.32 Å². The maximum absolute atomic E-state index is 5.83. The fraction of sp³-hybridized carbons (Fsp3) is 0.733. The maximum Gasteiger partial charge on any atom is 0.118 e. The van der Waals surface area contributed by atoms with E-state index in [0.29, 0.717) is 0 Å². The quantitative estimate of drug-likeness (QED) is 0.742. The summed E-state index contributed by atoms with van der Waals surface area (Å²) in [6.07, 6.45) is 1.20. The Morgan fingerprint density at radius 2 is 2.00 bits per heavy atom. The van der Waals surface area contributed by atoms with Gasteiger partial charge in [-0.15, -0.1) is 0 Å². The summed E-state index contributed by atoms with van der Waals surface area (Å²) >= 11 is 0. The molecule has 0 aliphatic carbocycles. The van der Waals surface area contributed by atoms with Crippen molar-refractivity contribution in [2.45, 2.75) is 33.4 Å². The summed E-state index contributed by atoms with van der Waals surface area (Å²) in [4.78, 5) is 4.67. The lowest BCUT2D eigenvalue weighted by molar-refractivity contribution is 0.239. The van der Waals surface area contributed by atoms with E-state index in [1.807, 2.05) is 14.0 Å². The summed E-state index contributed by atoms with van der Waals surface area (Å²) in [5.74, 6) is 2.11. The molecule has 1 aromatic heterocycles. The molecular formula is C15H29N3O. The molecule has 1 N–H and O–H groups in total. The Morgan fingerprint density at radius 3 is 2.58 bits per heavy atom. The molecule has 4 nitrogen and oxygen atoms in total. The number of aryl methyl sites for hydroxylation is 1. The van der Waals surface area contributed by atoms with Crippen molar-refractivity contribution < 1.29 is 4.42 Å². The largest absolute Gasteiger partial charge is 0.465 e. The van der Waals surface area contributed by atoms with E-state index >= 15 is 0 Å². The van der Waals surface area contributed by atoms with Gasteiger partial charge < -0.3 is 14.6 Å². The predicted octanol–water partition coefficient (Wildman–Crippen LogP) is 2.08. The topological polar surface area (TPSA) is 31.6 Å². The van der Waals surface area contributed by atoms with Crippen LogP contribution in [0, 0.1) is 6.92 Å². The number of hydrogen-bond donors (Lipinski definition) is 1. The first-order chi connectivity index (χ1) is 9.06. The maximum atomic E-state index is 5.83. The van der Waals surface area contributed by atoms with E-state index in [2.05, 4.69) is 42.2 Å². The van der Waals surface area contributed by atoms with Crippen LogP contribution in [0.3, 0.4) is 0 Å². The fourth-order valence-corrected chi connectivity index (χ4v) is 2.21. The lowest BCUT2D eigenvalue weighted by Gasteiger charge is -2.20. The second-order valence-electron chi connectivity index (χ2n) is 5.35. The summed E-state index contributed by atoms with van der Waals surface area (Å²) in [5.41, 5.74) is 1.27. The van der Waals surface area contributed by atoms with E-state index in [-0.39, 0.29) is 0 Å². The lowest BCUT2D eigenvalue weighted by Crippen LogP contribution is -2.26. The first kappa shape index (κ1) is 16.2. The molecule has 4 heteroatoms. The van der Waals surface area contributed by atoms with Crippen molar-refractivity contribution in [3.8, 4) is 0 Å². The highest BCUT2D eigenvalue weighted by molar-refractivity contribution is 5.20. The molecular weight excluding hydrogens is 238 g/mol. The number of rotatable bonds is 9. The first-order valence-electron chi connectivity index (χ1n) is 7.16. The van der Waals surface area contributed by atoms with Gasteiger partial charge in [0.1, 0.15) is 11.5 Å². The van der Waals surface area contributed by atoms with Gasteiger partial charge >= 0.3 is 0 Å². The highest BCUT2D eigenvalue weighted by Crippen LogP contribution is 2.16. The van der Waals surface area contributed by atoms with Gasteiger partial charge in [-0.25, -0.2) is 0 Å². The number of nitrogens with one attached hydrogen (secondary N) is 1. The molecule has 0 aliphatic rings. The van der Waals surface area contributed by atoms with Crippen LogP contribution in [-0.4, -0.2) is 50.6 Å². The lowest BCUT2D eigenvalue weighted by atomic mass is 10.2. The first-order valence-corrected chi connectivity index (χ1v) is 7.16. The van der Waals surface area contributed by atoms with Crippen LogP contribution in [0.1, 0.15) is 30.4 Å². The van der Waals surface area contributed by atoms with Gasteiger partial charge in [-0.3, -0.25) is 4.90 Å². The van der Waals surface area contributed by atoms with E-state index in [1.54, 1.807) is 0 Å². The van der Waals surface area contributed by atoms with Gasteiger partial charge in [0.05, 0.1) is 6.54 Å². The van der Waals surface area contributed by atoms with Crippen molar-refractivity contribution in [1.29, 1.82) is 0 Å². The summed E-state index contributed by atoms with van der Waals surface area (Å²) in [7, 11) is 6.21. The van der Waals surface area contributed by atoms with E-state index in [0.717, 1.165) is 44.2 Å². The SMILES string of the molecule is CCN(CCCN(C)C)Cc1cc(CNC)c(C)o1. The zero-order valence-corrected chi connectivity index (χ0v) is 13.1. The second-order valence-corrected chi connectivity index (χ2v) is 5.35. The van der Waals surface area contributed by atoms with Crippen LogP contribution in [0.25, 0.3) is 0 Å². The van der Waals surface area contributed by atoms with Crippen LogP contribution in [0.2, 0.25) is 0 Å². The third-order valence-corrected chi connectivity index (χ3v) is 3.35. The Kier molecular flexibility index (Phi) is 7.13. The molecule has 1 aromatic rings. The Balaban J connectivity index is 2.48. The van der Waals surface area contributed by atoms with Gasteiger partial charge in [0.15, 0.2) is 0 Å². The highest BCUT2D eigenvalue weighted by atomic mass is 16.3. The zero-order valence-electron chi connectivity index (χ0n) is 13.1. The van der Waals surface area contributed by atoms with E-state index in [9.17, 15) is 0 Å². The van der Waals surface area contributed by atoms with Crippen LogP contribution in [0.4, 0.5) is 0 Å². The summed E-state index contributed by atoms with van der Waals surface area (Å²) < 4.78 is 5.83. The predicted molar refractivity (Wildman–Crippen MR) is 80.3 cm³/mol. The Bertz CT molecular complexity index is 360. The van der Waals surface area contributed by atoms with Crippen molar-refractivity contribution in [2.75, 3.05) is 40.8 Å². The van der Waals surface area contributed by atoms with E-state index in [4.69, 9.17) is 4.42 Å². The summed E-state index contributed by atoms with van der Waals surface area (Å²) in [5, 5.41) is 3.17.